The molecule has 1 heterocycles. The molecule has 0 amide bonds. The predicted molar refractivity (Wildman–Crippen MR) is 67.7 cm³/mol. The molecular formula is C13H12ClN3. The van der Waals surface area contributed by atoms with E-state index in [2.05, 4.69) is 24.0 Å². The molecule has 0 aliphatic rings. The molecule has 4 heteroatoms. The maximum absolute atomic E-state index is 8.88. The highest BCUT2D eigenvalue weighted by molar-refractivity contribution is 6.30. The van der Waals surface area contributed by atoms with Crippen LogP contribution < -0.4 is 0 Å². The summed E-state index contributed by atoms with van der Waals surface area (Å²) >= 11 is 6.00. The molecule has 1 aromatic carbocycles. The Morgan fingerprint density at radius 2 is 2.00 bits per heavy atom. The van der Waals surface area contributed by atoms with Crippen molar-refractivity contribution in [3.63, 3.8) is 0 Å². The highest BCUT2D eigenvalue weighted by atomic mass is 35.5. The van der Waals surface area contributed by atoms with Gasteiger partial charge in [0.1, 0.15) is 17.0 Å². The molecule has 86 valence electrons. The van der Waals surface area contributed by atoms with Crippen molar-refractivity contribution in [1.82, 2.24) is 9.55 Å². The molecule has 2 aromatic rings. The zero-order chi connectivity index (χ0) is 12.4. The summed E-state index contributed by atoms with van der Waals surface area (Å²) in [5.41, 5.74) is 2.51. The Morgan fingerprint density at radius 3 is 2.47 bits per heavy atom. The van der Waals surface area contributed by atoms with Gasteiger partial charge in [0, 0.05) is 12.6 Å². The highest BCUT2D eigenvalue weighted by Crippen LogP contribution is 2.24. The summed E-state index contributed by atoms with van der Waals surface area (Å²) in [6, 6.07) is 10.1. The first kappa shape index (κ1) is 11.7. The molecular weight excluding hydrogens is 234 g/mol. The van der Waals surface area contributed by atoms with Crippen molar-refractivity contribution in [2.45, 2.75) is 13.3 Å². The molecule has 17 heavy (non-hydrogen) atoms. The van der Waals surface area contributed by atoms with Gasteiger partial charge in [-0.05, 0) is 12.0 Å². The van der Waals surface area contributed by atoms with E-state index in [4.69, 9.17) is 16.9 Å². The standard InChI is InChI=1S/C13H12ClN3/c1-3-9-4-6-10(7-5-9)13-16-11(8-15)12(14)17(13)2/h4-7H,3H2,1-2H3. The number of hydrogen-bond acceptors (Lipinski definition) is 2. The zero-order valence-electron chi connectivity index (χ0n) is 9.74. The van der Waals surface area contributed by atoms with E-state index in [1.54, 1.807) is 11.6 Å². The Kier molecular flexibility index (Phi) is 3.16. The molecule has 0 bridgehead atoms. The van der Waals surface area contributed by atoms with E-state index in [0.717, 1.165) is 12.0 Å². The lowest BCUT2D eigenvalue weighted by Gasteiger charge is -2.03. The molecule has 0 N–H and O–H groups in total. The molecule has 0 radical (unpaired) electrons. The monoisotopic (exact) mass is 245 g/mol. The third-order valence-electron chi connectivity index (χ3n) is 2.75. The van der Waals surface area contributed by atoms with Crippen molar-refractivity contribution >= 4 is 11.6 Å². The fraction of sp³-hybridized carbons (Fsp3) is 0.231. The van der Waals surface area contributed by atoms with Crippen LogP contribution in [0.4, 0.5) is 0 Å². The Labute approximate surface area is 105 Å². The minimum Gasteiger partial charge on any atom is -0.317 e. The lowest BCUT2D eigenvalue weighted by atomic mass is 10.1. The first-order valence-electron chi connectivity index (χ1n) is 5.39. The van der Waals surface area contributed by atoms with Crippen LogP contribution in [0.15, 0.2) is 24.3 Å². The number of halogens is 1. The molecule has 0 aliphatic heterocycles. The second-order valence-corrected chi connectivity index (χ2v) is 4.15. The molecule has 3 nitrogen and oxygen atoms in total. The maximum Gasteiger partial charge on any atom is 0.178 e. The SMILES string of the molecule is CCc1ccc(-c2nc(C#N)c(Cl)n2C)cc1. The van der Waals surface area contributed by atoms with Crippen LogP contribution in [0.5, 0.6) is 0 Å². The van der Waals surface area contributed by atoms with E-state index >= 15 is 0 Å². The lowest BCUT2D eigenvalue weighted by Crippen LogP contribution is -1.92. The van der Waals surface area contributed by atoms with Gasteiger partial charge in [-0.1, -0.05) is 42.8 Å². The number of imidazole rings is 1. The average Bonchev–Trinajstić information content (AvgIpc) is 2.66. The number of nitrogens with zero attached hydrogens (tertiary/aromatic N) is 3. The van der Waals surface area contributed by atoms with Crippen LogP contribution in [-0.4, -0.2) is 9.55 Å². The van der Waals surface area contributed by atoms with Crippen LogP contribution in [0, 0.1) is 11.3 Å². The van der Waals surface area contributed by atoms with Gasteiger partial charge >= 0.3 is 0 Å². The number of nitriles is 1. The number of aryl methyl sites for hydroxylation is 1. The van der Waals surface area contributed by atoms with Crippen molar-refractivity contribution < 1.29 is 0 Å². The van der Waals surface area contributed by atoms with Gasteiger partial charge in [0.2, 0.25) is 0 Å². The van der Waals surface area contributed by atoms with Crippen LogP contribution >= 0.6 is 11.6 Å². The van der Waals surface area contributed by atoms with Crippen molar-refractivity contribution in [3.8, 4) is 17.5 Å². The number of hydrogen-bond donors (Lipinski definition) is 0. The second kappa shape index (κ2) is 4.60. The normalized spacial score (nSPS) is 10.2. The summed E-state index contributed by atoms with van der Waals surface area (Å²) in [6.07, 6.45) is 1.01. The van der Waals surface area contributed by atoms with E-state index < -0.39 is 0 Å². The molecule has 0 saturated carbocycles. The number of rotatable bonds is 2. The third-order valence-corrected chi connectivity index (χ3v) is 3.18. The first-order valence-corrected chi connectivity index (χ1v) is 5.76. The lowest BCUT2D eigenvalue weighted by molar-refractivity contribution is 0.925. The Morgan fingerprint density at radius 1 is 1.35 bits per heavy atom. The summed E-state index contributed by atoms with van der Waals surface area (Å²) < 4.78 is 1.72. The second-order valence-electron chi connectivity index (χ2n) is 3.80. The van der Waals surface area contributed by atoms with Gasteiger partial charge in [0.15, 0.2) is 5.69 Å². The van der Waals surface area contributed by atoms with Crippen molar-refractivity contribution in [1.29, 1.82) is 5.26 Å². The summed E-state index contributed by atoms with van der Waals surface area (Å²) in [6.45, 7) is 2.11. The van der Waals surface area contributed by atoms with Crippen LogP contribution in [0.1, 0.15) is 18.2 Å². The molecule has 0 spiro atoms. The Balaban J connectivity index is 2.50. The molecule has 0 saturated heterocycles. The van der Waals surface area contributed by atoms with Gasteiger partial charge < -0.3 is 4.57 Å². The Bertz CT molecular complexity index is 576. The quantitative estimate of drug-likeness (QED) is 0.816. The van der Waals surface area contributed by atoms with Gasteiger partial charge in [-0.15, -0.1) is 0 Å². The largest absolute Gasteiger partial charge is 0.317 e. The van der Waals surface area contributed by atoms with Crippen LogP contribution in [0.25, 0.3) is 11.4 Å². The van der Waals surface area contributed by atoms with Crippen molar-refractivity contribution in [3.05, 3.63) is 40.7 Å². The molecule has 0 unspecified atom stereocenters. The summed E-state index contributed by atoms with van der Waals surface area (Å²) in [7, 11) is 1.80. The first-order chi connectivity index (χ1) is 8.17. The van der Waals surface area contributed by atoms with Gasteiger partial charge in [0.05, 0.1) is 0 Å². The number of benzene rings is 1. The minimum atomic E-state index is 0.267. The van der Waals surface area contributed by atoms with Crippen molar-refractivity contribution in [2.75, 3.05) is 0 Å². The molecule has 0 fully saturated rings. The molecule has 0 atom stereocenters. The molecule has 2 rings (SSSR count). The fourth-order valence-electron chi connectivity index (χ4n) is 1.70. The average molecular weight is 246 g/mol. The van der Waals surface area contributed by atoms with Crippen LogP contribution in [0.2, 0.25) is 5.15 Å². The minimum absolute atomic E-state index is 0.267. The zero-order valence-corrected chi connectivity index (χ0v) is 10.5. The van der Waals surface area contributed by atoms with E-state index in [1.807, 2.05) is 18.2 Å². The topological polar surface area (TPSA) is 41.6 Å². The number of aromatic nitrogens is 2. The molecule has 0 aliphatic carbocycles. The van der Waals surface area contributed by atoms with Crippen molar-refractivity contribution in [2.24, 2.45) is 7.05 Å². The van der Waals surface area contributed by atoms with Crippen LogP contribution in [-0.2, 0) is 13.5 Å². The fourth-order valence-corrected chi connectivity index (χ4v) is 1.86. The van der Waals surface area contributed by atoms with Crippen LogP contribution in [0.3, 0.4) is 0 Å². The van der Waals surface area contributed by atoms with E-state index in [-0.39, 0.29) is 5.69 Å². The third kappa shape index (κ3) is 2.04. The predicted octanol–water partition coefficient (Wildman–Crippen LogP) is 3.17. The van der Waals surface area contributed by atoms with E-state index in [9.17, 15) is 0 Å². The van der Waals surface area contributed by atoms with Gasteiger partial charge in [-0.2, -0.15) is 5.26 Å². The Hall–Kier alpha value is -1.79. The van der Waals surface area contributed by atoms with E-state index in [0.29, 0.717) is 11.0 Å². The van der Waals surface area contributed by atoms with Gasteiger partial charge in [0.25, 0.3) is 0 Å². The highest BCUT2D eigenvalue weighted by Gasteiger charge is 2.13. The van der Waals surface area contributed by atoms with E-state index in [1.165, 1.54) is 5.56 Å². The van der Waals surface area contributed by atoms with Gasteiger partial charge in [-0.25, -0.2) is 4.98 Å². The summed E-state index contributed by atoms with van der Waals surface area (Å²) in [5, 5.41) is 9.25. The summed E-state index contributed by atoms with van der Waals surface area (Å²) in [5.74, 6) is 0.717. The maximum atomic E-state index is 8.88. The van der Waals surface area contributed by atoms with Gasteiger partial charge in [-0.3, -0.25) is 0 Å². The smallest absolute Gasteiger partial charge is 0.178 e. The molecule has 1 aromatic heterocycles. The summed E-state index contributed by atoms with van der Waals surface area (Å²) in [4.78, 5) is 4.22.